The summed E-state index contributed by atoms with van der Waals surface area (Å²) in [7, 11) is 0. The second-order valence-electron chi connectivity index (χ2n) is 2.17. The van der Waals surface area contributed by atoms with E-state index in [0.29, 0.717) is 0 Å². The molecular formula is C7H9NO3. The first-order chi connectivity index (χ1) is 5.15. The SMILES string of the molecule is NCc1c(O)cc(O)cc1O. The third-order valence-corrected chi connectivity index (χ3v) is 1.39. The van der Waals surface area contributed by atoms with Crippen molar-refractivity contribution in [1.29, 1.82) is 0 Å². The lowest BCUT2D eigenvalue weighted by molar-refractivity contribution is 0.419. The van der Waals surface area contributed by atoms with Crippen LogP contribution in [-0.4, -0.2) is 15.3 Å². The molecule has 0 fully saturated rings. The summed E-state index contributed by atoms with van der Waals surface area (Å²) in [5, 5.41) is 27.0. The van der Waals surface area contributed by atoms with E-state index in [2.05, 4.69) is 0 Å². The molecule has 0 radical (unpaired) electrons. The van der Waals surface area contributed by atoms with Gasteiger partial charge in [0, 0.05) is 24.2 Å². The van der Waals surface area contributed by atoms with Gasteiger partial charge in [0.05, 0.1) is 0 Å². The van der Waals surface area contributed by atoms with Gasteiger partial charge in [0.15, 0.2) is 0 Å². The number of nitrogens with two attached hydrogens (primary N) is 1. The Labute approximate surface area is 63.5 Å². The van der Waals surface area contributed by atoms with E-state index < -0.39 is 0 Å². The molecule has 0 aliphatic rings. The molecule has 5 N–H and O–H groups in total. The number of hydrogen-bond acceptors (Lipinski definition) is 4. The minimum atomic E-state index is -0.190. The zero-order valence-corrected chi connectivity index (χ0v) is 5.78. The Morgan fingerprint density at radius 1 is 1.09 bits per heavy atom. The lowest BCUT2D eigenvalue weighted by atomic mass is 10.1. The van der Waals surface area contributed by atoms with Crippen molar-refractivity contribution in [2.75, 3.05) is 0 Å². The number of rotatable bonds is 1. The smallest absolute Gasteiger partial charge is 0.127 e. The number of phenolic OH excluding ortho intramolecular Hbond substituents is 3. The number of benzene rings is 1. The van der Waals surface area contributed by atoms with Gasteiger partial charge in [0.25, 0.3) is 0 Å². The predicted octanol–water partition coefficient (Wildman–Crippen LogP) is 0.262. The second-order valence-corrected chi connectivity index (χ2v) is 2.17. The molecule has 0 bridgehead atoms. The first kappa shape index (κ1) is 7.68. The summed E-state index contributed by atoms with van der Waals surface area (Å²) in [4.78, 5) is 0. The molecule has 0 amide bonds. The Bertz CT molecular complexity index is 249. The summed E-state index contributed by atoms with van der Waals surface area (Å²) in [6.45, 7) is 0.0396. The van der Waals surface area contributed by atoms with Gasteiger partial charge in [-0.05, 0) is 0 Å². The molecule has 0 atom stereocenters. The lowest BCUT2D eigenvalue weighted by Gasteiger charge is -2.04. The molecule has 60 valence electrons. The minimum absolute atomic E-state index is 0.0396. The minimum Gasteiger partial charge on any atom is -0.508 e. The fraction of sp³-hybridized carbons (Fsp3) is 0.143. The van der Waals surface area contributed by atoms with E-state index in [-0.39, 0.29) is 29.4 Å². The maximum absolute atomic E-state index is 9.07. The molecule has 0 unspecified atom stereocenters. The molecule has 4 nitrogen and oxygen atoms in total. The van der Waals surface area contributed by atoms with Crippen LogP contribution < -0.4 is 5.73 Å². The van der Waals surface area contributed by atoms with Gasteiger partial charge in [0.2, 0.25) is 0 Å². The topological polar surface area (TPSA) is 86.7 Å². The molecule has 0 saturated heterocycles. The van der Waals surface area contributed by atoms with E-state index in [1.165, 1.54) is 0 Å². The average molecular weight is 155 g/mol. The van der Waals surface area contributed by atoms with Crippen molar-refractivity contribution in [1.82, 2.24) is 0 Å². The Balaban J connectivity index is 3.25. The van der Waals surface area contributed by atoms with Crippen LogP contribution in [0.1, 0.15) is 5.56 Å². The van der Waals surface area contributed by atoms with Gasteiger partial charge in [0.1, 0.15) is 17.2 Å². The van der Waals surface area contributed by atoms with Gasteiger partial charge in [-0.25, -0.2) is 0 Å². The number of hydrogen-bond donors (Lipinski definition) is 4. The molecule has 0 saturated carbocycles. The third-order valence-electron chi connectivity index (χ3n) is 1.39. The van der Waals surface area contributed by atoms with Crippen LogP contribution in [0.4, 0.5) is 0 Å². The van der Waals surface area contributed by atoms with Crippen LogP contribution in [0.2, 0.25) is 0 Å². The van der Waals surface area contributed by atoms with Crippen molar-refractivity contribution in [2.45, 2.75) is 6.54 Å². The Morgan fingerprint density at radius 2 is 1.55 bits per heavy atom. The standard InChI is InChI=1S/C7H9NO3/c8-3-5-6(10)1-4(9)2-7(5)11/h1-2,9-11H,3,8H2. The van der Waals surface area contributed by atoms with Crippen molar-refractivity contribution < 1.29 is 15.3 Å². The van der Waals surface area contributed by atoms with E-state index in [9.17, 15) is 0 Å². The van der Waals surface area contributed by atoms with E-state index in [4.69, 9.17) is 21.1 Å². The van der Waals surface area contributed by atoms with Crippen molar-refractivity contribution in [3.63, 3.8) is 0 Å². The third kappa shape index (κ3) is 1.35. The Morgan fingerprint density at radius 3 is 1.91 bits per heavy atom. The monoisotopic (exact) mass is 155 g/mol. The van der Waals surface area contributed by atoms with Crippen LogP contribution in [0.3, 0.4) is 0 Å². The van der Waals surface area contributed by atoms with Crippen LogP contribution in [0.25, 0.3) is 0 Å². The first-order valence-electron chi connectivity index (χ1n) is 3.09. The highest BCUT2D eigenvalue weighted by molar-refractivity contribution is 5.48. The van der Waals surface area contributed by atoms with Gasteiger partial charge >= 0.3 is 0 Å². The fourth-order valence-corrected chi connectivity index (χ4v) is 0.836. The van der Waals surface area contributed by atoms with Crippen molar-refractivity contribution in [3.05, 3.63) is 17.7 Å². The van der Waals surface area contributed by atoms with Crippen molar-refractivity contribution in [2.24, 2.45) is 5.73 Å². The number of aromatic hydroxyl groups is 3. The lowest BCUT2D eigenvalue weighted by Crippen LogP contribution is -1.96. The summed E-state index contributed by atoms with van der Waals surface area (Å²) in [5.41, 5.74) is 5.44. The van der Waals surface area contributed by atoms with E-state index in [1.807, 2.05) is 0 Å². The van der Waals surface area contributed by atoms with Gasteiger partial charge in [-0.15, -0.1) is 0 Å². The first-order valence-corrected chi connectivity index (χ1v) is 3.09. The molecule has 11 heavy (non-hydrogen) atoms. The van der Waals surface area contributed by atoms with Gasteiger partial charge in [-0.2, -0.15) is 0 Å². The molecule has 0 spiro atoms. The summed E-state index contributed by atoms with van der Waals surface area (Å²) in [6.07, 6.45) is 0. The highest BCUT2D eigenvalue weighted by Crippen LogP contribution is 2.30. The van der Waals surface area contributed by atoms with Gasteiger partial charge < -0.3 is 21.1 Å². The maximum Gasteiger partial charge on any atom is 0.127 e. The highest BCUT2D eigenvalue weighted by Gasteiger charge is 2.06. The summed E-state index contributed by atoms with van der Waals surface area (Å²) in [6, 6.07) is 2.25. The highest BCUT2D eigenvalue weighted by atomic mass is 16.3. The summed E-state index contributed by atoms with van der Waals surface area (Å²) in [5.74, 6) is -0.563. The zero-order chi connectivity index (χ0) is 8.43. The Kier molecular flexibility index (Phi) is 1.87. The van der Waals surface area contributed by atoms with Gasteiger partial charge in [-0.3, -0.25) is 0 Å². The summed E-state index contributed by atoms with van der Waals surface area (Å²) >= 11 is 0. The quantitative estimate of drug-likeness (QED) is 0.468. The van der Waals surface area contributed by atoms with Crippen LogP contribution in [0, 0.1) is 0 Å². The average Bonchev–Trinajstić information content (AvgIpc) is 1.85. The maximum atomic E-state index is 9.07. The fourth-order valence-electron chi connectivity index (χ4n) is 0.836. The van der Waals surface area contributed by atoms with Crippen molar-refractivity contribution in [3.8, 4) is 17.2 Å². The molecule has 1 rings (SSSR count). The van der Waals surface area contributed by atoms with E-state index in [1.54, 1.807) is 0 Å². The van der Waals surface area contributed by atoms with Crippen molar-refractivity contribution >= 4 is 0 Å². The molecule has 1 aromatic carbocycles. The molecule has 0 heterocycles. The Hall–Kier alpha value is -1.42. The van der Waals surface area contributed by atoms with Crippen LogP contribution >= 0.6 is 0 Å². The van der Waals surface area contributed by atoms with Gasteiger partial charge in [-0.1, -0.05) is 0 Å². The molecule has 0 aliphatic heterocycles. The molecule has 1 aromatic rings. The summed E-state index contributed by atoms with van der Waals surface area (Å²) < 4.78 is 0. The normalized spacial score (nSPS) is 9.91. The van der Waals surface area contributed by atoms with Crippen LogP contribution in [0.15, 0.2) is 12.1 Å². The number of phenols is 3. The van der Waals surface area contributed by atoms with Crippen LogP contribution in [0.5, 0.6) is 17.2 Å². The van der Waals surface area contributed by atoms with E-state index >= 15 is 0 Å². The second kappa shape index (κ2) is 2.67. The molecular weight excluding hydrogens is 146 g/mol. The molecule has 0 aromatic heterocycles. The largest absolute Gasteiger partial charge is 0.508 e. The van der Waals surface area contributed by atoms with Crippen LogP contribution in [-0.2, 0) is 6.54 Å². The molecule has 4 heteroatoms. The molecule has 0 aliphatic carbocycles. The predicted molar refractivity (Wildman–Crippen MR) is 39.3 cm³/mol. The van der Waals surface area contributed by atoms with E-state index in [0.717, 1.165) is 12.1 Å². The zero-order valence-electron chi connectivity index (χ0n) is 5.78.